The molecule has 1 aliphatic rings. The summed E-state index contributed by atoms with van der Waals surface area (Å²) in [6, 6.07) is 0.539. The van der Waals surface area contributed by atoms with Gasteiger partial charge in [-0.15, -0.1) is 0 Å². The van der Waals surface area contributed by atoms with Crippen LogP contribution >= 0.6 is 0 Å². The number of methoxy groups -OCH3 is 1. The summed E-state index contributed by atoms with van der Waals surface area (Å²) < 4.78 is 26.9. The number of carbonyl (C=O) groups is 3. The van der Waals surface area contributed by atoms with Gasteiger partial charge in [0.05, 0.1) is 13.2 Å². The SMILES string of the molecule is COc1ccnc(C(=O)N[C@@H](C)C(=O)O[C@H](C(C)C)[C@H](C)OCC2CC2)c1OCOC(C)=O. The standard InChI is InChI=1S/C23H34N2O8/c1-13(2)20(15(4)30-11-17-7-8-17)33-23(28)14(3)25-22(27)19-21(32-12-31-16(5)26)18(29-6)9-10-24-19/h9-10,13-15,17,20H,7-8,11-12H2,1-6H3,(H,25,27)/t14-,15-,20+/m0/s1. The lowest BCUT2D eigenvalue weighted by Crippen LogP contribution is -2.44. The zero-order valence-electron chi connectivity index (χ0n) is 20.1. The fourth-order valence-corrected chi connectivity index (χ4v) is 3.07. The predicted octanol–water partition coefficient (Wildman–Crippen LogP) is 2.49. The normalized spacial score (nSPS) is 15.8. The van der Waals surface area contributed by atoms with E-state index in [-0.39, 0.29) is 29.2 Å². The van der Waals surface area contributed by atoms with Crippen molar-refractivity contribution in [3.63, 3.8) is 0 Å². The number of aromatic nitrogens is 1. The summed E-state index contributed by atoms with van der Waals surface area (Å²) in [4.78, 5) is 40.6. The average Bonchev–Trinajstić information content (AvgIpc) is 3.59. The summed E-state index contributed by atoms with van der Waals surface area (Å²) in [5.74, 6) is -0.963. The van der Waals surface area contributed by atoms with Gasteiger partial charge in [0.25, 0.3) is 5.91 Å². The van der Waals surface area contributed by atoms with Gasteiger partial charge in [-0.05, 0) is 38.5 Å². The molecule has 0 spiro atoms. The molecule has 1 aromatic heterocycles. The second-order valence-corrected chi connectivity index (χ2v) is 8.41. The molecule has 2 rings (SSSR count). The number of nitrogens with zero attached hydrogens (tertiary/aromatic N) is 1. The molecule has 1 amide bonds. The molecule has 1 N–H and O–H groups in total. The summed E-state index contributed by atoms with van der Waals surface area (Å²) in [6.45, 7) is 8.77. The number of nitrogens with one attached hydrogen (secondary N) is 1. The molecule has 1 aliphatic carbocycles. The molecule has 0 aliphatic heterocycles. The molecule has 0 radical (unpaired) electrons. The first-order chi connectivity index (χ1) is 15.6. The molecule has 1 fully saturated rings. The predicted molar refractivity (Wildman–Crippen MR) is 118 cm³/mol. The van der Waals surface area contributed by atoms with Crippen molar-refractivity contribution >= 4 is 17.8 Å². The Morgan fingerprint density at radius 2 is 1.88 bits per heavy atom. The lowest BCUT2D eigenvalue weighted by molar-refractivity contribution is -0.163. The molecular weight excluding hydrogens is 432 g/mol. The Kier molecular flexibility index (Phi) is 9.90. The van der Waals surface area contributed by atoms with E-state index in [0.29, 0.717) is 12.5 Å². The molecule has 1 aromatic rings. The Labute approximate surface area is 194 Å². The Balaban J connectivity index is 2.02. The maximum Gasteiger partial charge on any atom is 0.328 e. The van der Waals surface area contributed by atoms with Crippen molar-refractivity contribution in [1.29, 1.82) is 0 Å². The number of ether oxygens (including phenoxy) is 5. The summed E-state index contributed by atoms with van der Waals surface area (Å²) in [6.07, 6.45) is 3.00. The van der Waals surface area contributed by atoms with Gasteiger partial charge in [0.15, 0.2) is 17.2 Å². The lowest BCUT2D eigenvalue weighted by Gasteiger charge is -2.28. The van der Waals surface area contributed by atoms with Crippen LogP contribution in [-0.4, -0.2) is 61.6 Å². The minimum absolute atomic E-state index is 0.0125. The second-order valence-electron chi connectivity index (χ2n) is 8.41. The third-order valence-electron chi connectivity index (χ3n) is 5.13. The van der Waals surface area contributed by atoms with Crippen LogP contribution in [0.25, 0.3) is 0 Å². The van der Waals surface area contributed by atoms with Crippen LogP contribution in [0, 0.1) is 11.8 Å². The number of hydrogen-bond donors (Lipinski definition) is 1. The van der Waals surface area contributed by atoms with Crippen molar-refractivity contribution in [2.24, 2.45) is 11.8 Å². The molecule has 10 nitrogen and oxygen atoms in total. The largest absolute Gasteiger partial charge is 0.493 e. The van der Waals surface area contributed by atoms with Crippen LogP contribution in [0.15, 0.2) is 12.3 Å². The topological polar surface area (TPSA) is 122 Å². The van der Waals surface area contributed by atoms with Gasteiger partial charge in [-0.3, -0.25) is 9.59 Å². The highest BCUT2D eigenvalue weighted by molar-refractivity contribution is 5.98. The average molecular weight is 467 g/mol. The van der Waals surface area contributed by atoms with E-state index in [4.69, 9.17) is 23.7 Å². The highest BCUT2D eigenvalue weighted by Crippen LogP contribution is 2.30. The molecule has 0 saturated heterocycles. The van der Waals surface area contributed by atoms with Gasteiger partial charge in [-0.25, -0.2) is 9.78 Å². The van der Waals surface area contributed by atoms with Gasteiger partial charge in [-0.1, -0.05) is 13.8 Å². The Bertz CT molecular complexity index is 825. The van der Waals surface area contributed by atoms with Crippen molar-refractivity contribution in [3.8, 4) is 11.5 Å². The first-order valence-corrected chi connectivity index (χ1v) is 11.1. The van der Waals surface area contributed by atoms with Crippen LogP contribution in [0.5, 0.6) is 11.5 Å². The van der Waals surface area contributed by atoms with Gasteiger partial charge in [0, 0.05) is 25.8 Å². The van der Waals surface area contributed by atoms with Crippen LogP contribution in [0.3, 0.4) is 0 Å². The highest BCUT2D eigenvalue weighted by atomic mass is 16.7. The van der Waals surface area contributed by atoms with E-state index >= 15 is 0 Å². The Hall–Kier alpha value is -2.88. The minimum Gasteiger partial charge on any atom is -0.493 e. The number of pyridine rings is 1. The van der Waals surface area contributed by atoms with Crippen LogP contribution in [0.2, 0.25) is 0 Å². The number of rotatable bonds is 13. The van der Waals surface area contributed by atoms with E-state index in [1.165, 1.54) is 46.1 Å². The van der Waals surface area contributed by atoms with Gasteiger partial charge < -0.3 is 29.0 Å². The highest BCUT2D eigenvalue weighted by Gasteiger charge is 2.31. The molecule has 10 heteroatoms. The van der Waals surface area contributed by atoms with Crippen molar-refractivity contribution < 1.29 is 38.1 Å². The van der Waals surface area contributed by atoms with E-state index in [9.17, 15) is 14.4 Å². The second kappa shape index (κ2) is 12.4. The van der Waals surface area contributed by atoms with Gasteiger partial charge >= 0.3 is 11.9 Å². The van der Waals surface area contributed by atoms with E-state index in [1.807, 2.05) is 20.8 Å². The monoisotopic (exact) mass is 466 g/mol. The molecule has 33 heavy (non-hydrogen) atoms. The molecule has 1 saturated carbocycles. The van der Waals surface area contributed by atoms with E-state index in [0.717, 1.165) is 0 Å². The molecule has 3 atom stereocenters. The zero-order valence-corrected chi connectivity index (χ0v) is 20.1. The van der Waals surface area contributed by atoms with E-state index < -0.39 is 36.8 Å². The van der Waals surface area contributed by atoms with Crippen LogP contribution in [0.1, 0.15) is 57.9 Å². The van der Waals surface area contributed by atoms with Gasteiger partial charge in [0.1, 0.15) is 12.1 Å². The van der Waals surface area contributed by atoms with Gasteiger partial charge in [0.2, 0.25) is 6.79 Å². The molecule has 0 bridgehead atoms. The van der Waals surface area contributed by atoms with Crippen LogP contribution in [-0.2, 0) is 23.8 Å². The quantitative estimate of drug-likeness (QED) is 0.345. The molecular formula is C23H34N2O8. The zero-order chi connectivity index (χ0) is 24.5. The molecule has 0 unspecified atom stereocenters. The number of esters is 2. The number of amides is 1. The third-order valence-corrected chi connectivity index (χ3v) is 5.13. The minimum atomic E-state index is -0.955. The van der Waals surface area contributed by atoms with Crippen molar-refractivity contribution in [2.45, 2.75) is 65.7 Å². The van der Waals surface area contributed by atoms with Gasteiger partial charge in [-0.2, -0.15) is 0 Å². The van der Waals surface area contributed by atoms with Crippen molar-refractivity contribution in [3.05, 3.63) is 18.0 Å². The first-order valence-electron chi connectivity index (χ1n) is 11.1. The fourth-order valence-electron chi connectivity index (χ4n) is 3.07. The molecule has 184 valence electrons. The van der Waals surface area contributed by atoms with Crippen LogP contribution in [0.4, 0.5) is 0 Å². The van der Waals surface area contributed by atoms with E-state index in [2.05, 4.69) is 10.3 Å². The summed E-state index contributed by atoms with van der Waals surface area (Å²) >= 11 is 0. The number of carbonyl (C=O) groups excluding carboxylic acids is 3. The summed E-state index contributed by atoms with van der Waals surface area (Å²) in [5.41, 5.74) is -0.123. The maximum absolute atomic E-state index is 12.8. The lowest BCUT2D eigenvalue weighted by atomic mass is 10.0. The summed E-state index contributed by atoms with van der Waals surface area (Å²) in [5, 5.41) is 2.57. The van der Waals surface area contributed by atoms with Crippen LogP contribution < -0.4 is 14.8 Å². The third kappa shape index (κ3) is 8.20. The molecule has 1 heterocycles. The Morgan fingerprint density at radius 1 is 1.18 bits per heavy atom. The first kappa shape index (κ1) is 26.4. The number of hydrogen-bond acceptors (Lipinski definition) is 9. The van der Waals surface area contributed by atoms with E-state index in [1.54, 1.807) is 0 Å². The van der Waals surface area contributed by atoms with Crippen molar-refractivity contribution in [2.75, 3.05) is 20.5 Å². The fraction of sp³-hybridized carbons (Fsp3) is 0.652. The molecule has 0 aromatic carbocycles. The Morgan fingerprint density at radius 3 is 2.45 bits per heavy atom. The summed E-state index contributed by atoms with van der Waals surface area (Å²) in [7, 11) is 1.40. The van der Waals surface area contributed by atoms with Crippen molar-refractivity contribution in [1.82, 2.24) is 10.3 Å². The smallest absolute Gasteiger partial charge is 0.328 e. The maximum atomic E-state index is 12.8.